The van der Waals surface area contributed by atoms with Crippen molar-refractivity contribution in [1.29, 1.82) is 0 Å². The number of hydrogen-bond acceptors (Lipinski definition) is 4. The molecule has 0 heterocycles. The Kier molecular flexibility index (Phi) is 5.60. The molecule has 0 bridgehead atoms. The highest BCUT2D eigenvalue weighted by atomic mass is 16.5. The number of carboxylic acids is 1. The van der Waals surface area contributed by atoms with Gasteiger partial charge in [-0.25, -0.2) is 0 Å². The summed E-state index contributed by atoms with van der Waals surface area (Å²) < 4.78 is 9.61. The number of aliphatic carboxylic acids is 1. The number of rotatable bonds is 6. The van der Waals surface area contributed by atoms with Gasteiger partial charge in [-0.2, -0.15) is 0 Å². The largest absolute Gasteiger partial charge is 0.496 e. The minimum absolute atomic E-state index is 0.109. The molecule has 19 heavy (non-hydrogen) atoms. The molecule has 0 unspecified atom stereocenters. The third kappa shape index (κ3) is 4.83. The van der Waals surface area contributed by atoms with E-state index in [4.69, 9.17) is 9.84 Å². The lowest BCUT2D eigenvalue weighted by Gasteiger charge is -2.07. The van der Waals surface area contributed by atoms with E-state index in [1.54, 1.807) is 30.4 Å². The fourth-order valence-electron chi connectivity index (χ4n) is 1.58. The third-order valence-electron chi connectivity index (χ3n) is 2.47. The van der Waals surface area contributed by atoms with Gasteiger partial charge in [0.25, 0.3) is 0 Å². The Hall–Kier alpha value is -2.30. The zero-order chi connectivity index (χ0) is 14.3. The minimum Gasteiger partial charge on any atom is -0.496 e. The van der Waals surface area contributed by atoms with Gasteiger partial charge in [0.05, 0.1) is 27.1 Å². The van der Waals surface area contributed by atoms with Crippen LogP contribution in [-0.4, -0.2) is 31.3 Å². The summed E-state index contributed by atoms with van der Waals surface area (Å²) in [4.78, 5) is 21.7. The Morgan fingerprint density at radius 3 is 2.63 bits per heavy atom. The Labute approximate surface area is 111 Å². The summed E-state index contributed by atoms with van der Waals surface area (Å²) in [7, 11) is 2.82. The van der Waals surface area contributed by atoms with Gasteiger partial charge in [-0.3, -0.25) is 9.59 Å². The summed E-state index contributed by atoms with van der Waals surface area (Å²) in [5.41, 5.74) is 1.40. The second-order valence-electron chi connectivity index (χ2n) is 3.82. The van der Waals surface area contributed by atoms with Crippen LogP contribution < -0.4 is 4.74 Å². The van der Waals surface area contributed by atoms with E-state index in [0.717, 1.165) is 5.56 Å². The lowest BCUT2D eigenvalue weighted by molar-refractivity contribution is -0.139. The summed E-state index contributed by atoms with van der Waals surface area (Å²) in [5, 5.41) is 8.82. The zero-order valence-corrected chi connectivity index (χ0v) is 10.9. The van der Waals surface area contributed by atoms with Crippen LogP contribution in [-0.2, 0) is 20.7 Å². The number of benzene rings is 1. The summed E-state index contributed by atoms with van der Waals surface area (Å²) >= 11 is 0. The molecule has 0 atom stereocenters. The first kappa shape index (κ1) is 14.8. The van der Waals surface area contributed by atoms with Gasteiger partial charge in [0.1, 0.15) is 5.75 Å². The summed E-state index contributed by atoms with van der Waals surface area (Å²) in [6.07, 6.45) is 3.47. The molecule has 1 rings (SSSR count). The standard InChI is InChI=1S/C14H16O5/c1-18-12-7-6-10(4-3-5-14(17)19-2)8-11(12)9-13(15)16/h3-4,6-8H,5,9H2,1-2H3,(H,15,16). The lowest BCUT2D eigenvalue weighted by Crippen LogP contribution is -2.02. The number of hydrogen-bond donors (Lipinski definition) is 1. The van der Waals surface area contributed by atoms with Crippen LogP contribution in [0.5, 0.6) is 5.75 Å². The number of ether oxygens (including phenoxy) is 2. The van der Waals surface area contributed by atoms with Gasteiger partial charge < -0.3 is 14.6 Å². The molecule has 0 aliphatic rings. The van der Waals surface area contributed by atoms with Crippen molar-refractivity contribution < 1.29 is 24.2 Å². The van der Waals surface area contributed by atoms with E-state index < -0.39 is 5.97 Å². The number of esters is 1. The van der Waals surface area contributed by atoms with Gasteiger partial charge in [-0.1, -0.05) is 18.2 Å². The predicted molar refractivity (Wildman–Crippen MR) is 70.0 cm³/mol. The first-order chi connectivity index (χ1) is 9.06. The molecule has 102 valence electrons. The molecule has 0 radical (unpaired) electrons. The maximum Gasteiger partial charge on any atom is 0.309 e. The Bertz CT molecular complexity index is 491. The molecule has 0 aromatic heterocycles. The van der Waals surface area contributed by atoms with Gasteiger partial charge in [0.15, 0.2) is 0 Å². The summed E-state index contributed by atoms with van der Waals surface area (Å²) in [6, 6.07) is 5.22. The van der Waals surface area contributed by atoms with E-state index >= 15 is 0 Å². The van der Waals surface area contributed by atoms with Crippen LogP contribution >= 0.6 is 0 Å². The summed E-state index contributed by atoms with van der Waals surface area (Å²) in [5.74, 6) is -0.711. The molecule has 1 aromatic carbocycles. The molecule has 5 nitrogen and oxygen atoms in total. The summed E-state index contributed by atoms with van der Waals surface area (Å²) in [6.45, 7) is 0. The first-order valence-corrected chi connectivity index (χ1v) is 5.69. The molecule has 0 saturated carbocycles. The van der Waals surface area contributed by atoms with Gasteiger partial charge >= 0.3 is 11.9 Å². The van der Waals surface area contributed by atoms with Gasteiger partial charge in [-0.15, -0.1) is 0 Å². The number of carbonyl (C=O) groups excluding carboxylic acids is 1. The fraction of sp³-hybridized carbons (Fsp3) is 0.286. The van der Waals surface area contributed by atoms with Crippen molar-refractivity contribution in [2.24, 2.45) is 0 Å². The average Bonchev–Trinajstić information content (AvgIpc) is 2.38. The molecular weight excluding hydrogens is 248 g/mol. The van der Waals surface area contributed by atoms with Gasteiger partial charge in [-0.05, 0) is 17.7 Å². The molecule has 0 saturated heterocycles. The van der Waals surface area contributed by atoms with Crippen molar-refractivity contribution in [3.8, 4) is 5.75 Å². The van der Waals surface area contributed by atoms with E-state index in [2.05, 4.69) is 4.74 Å². The zero-order valence-electron chi connectivity index (χ0n) is 10.9. The smallest absolute Gasteiger partial charge is 0.309 e. The van der Waals surface area contributed by atoms with Crippen molar-refractivity contribution in [2.75, 3.05) is 14.2 Å². The maximum absolute atomic E-state index is 10.9. The molecule has 0 fully saturated rings. The monoisotopic (exact) mass is 264 g/mol. The quantitative estimate of drug-likeness (QED) is 0.794. The van der Waals surface area contributed by atoms with Crippen LogP contribution in [0.2, 0.25) is 0 Å². The fourth-order valence-corrected chi connectivity index (χ4v) is 1.58. The molecular formula is C14H16O5. The molecule has 1 aromatic rings. The van der Waals surface area contributed by atoms with E-state index in [1.165, 1.54) is 14.2 Å². The Balaban J connectivity index is 2.85. The van der Waals surface area contributed by atoms with Crippen molar-refractivity contribution in [3.05, 3.63) is 35.4 Å². The highest BCUT2D eigenvalue weighted by molar-refractivity contribution is 5.73. The van der Waals surface area contributed by atoms with Crippen molar-refractivity contribution in [2.45, 2.75) is 12.8 Å². The normalized spacial score (nSPS) is 10.4. The topological polar surface area (TPSA) is 72.8 Å². The molecule has 5 heteroatoms. The van der Waals surface area contributed by atoms with Crippen molar-refractivity contribution >= 4 is 18.0 Å². The van der Waals surface area contributed by atoms with Crippen LogP contribution in [0.3, 0.4) is 0 Å². The Morgan fingerprint density at radius 2 is 2.05 bits per heavy atom. The van der Waals surface area contributed by atoms with Crippen LogP contribution in [0, 0.1) is 0 Å². The maximum atomic E-state index is 10.9. The minimum atomic E-state index is -0.922. The van der Waals surface area contributed by atoms with Gasteiger partial charge in [0, 0.05) is 5.56 Å². The first-order valence-electron chi connectivity index (χ1n) is 5.69. The van der Waals surface area contributed by atoms with E-state index in [1.807, 2.05) is 0 Å². The molecule has 0 aliphatic carbocycles. The predicted octanol–water partition coefficient (Wildman–Crippen LogP) is 1.90. The van der Waals surface area contributed by atoms with Crippen LogP contribution in [0.25, 0.3) is 6.08 Å². The molecule has 1 N–H and O–H groups in total. The highest BCUT2D eigenvalue weighted by Gasteiger charge is 2.07. The second-order valence-corrected chi connectivity index (χ2v) is 3.82. The third-order valence-corrected chi connectivity index (χ3v) is 2.47. The highest BCUT2D eigenvalue weighted by Crippen LogP contribution is 2.21. The Morgan fingerprint density at radius 1 is 1.32 bits per heavy atom. The van der Waals surface area contributed by atoms with Crippen molar-refractivity contribution in [3.63, 3.8) is 0 Å². The number of carbonyl (C=O) groups is 2. The van der Waals surface area contributed by atoms with E-state index in [-0.39, 0.29) is 18.8 Å². The van der Waals surface area contributed by atoms with Crippen LogP contribution in [0.15, 0.2) is 24.3 Å². The molecule has 0 aliphatic heterocycles. The lowest BCUT2D eigenvalue weighted by atomic mass is 10.1. The van der Waals surface area contributed by atoms with E-state index in [0.29, 0.717) is 11.3 Å². The molecule has 0 spiro atoms. The number of methoxy groups -OCH3 is 2. The van der Waals surface area contributed by atoms with Crippen LogP contribution in [0.1, 0.15) is 17.5 Å². The van der Waals surface area contributed by atoms with E-state index in [9.17, 15) is 9.59 Å². The number of carboxylic acid groups (broad SMARTS) is 1. The van der Waals surface area contributed by atoms with Crippen LogP contribution in [0.4, 0.5) is 0 Å². The second kappa shape index (κ2) is 7.20. The van der Waals surface area contributed by atoms with Crippen molar-refractivity contribution in [1.82, 2.24) is 0 Å². The SMILES string of the molecule is COC(=O)CC=Cc1ccc(OC)c(CC(=O)O)c1. The van der Waals surface area contributed by atoms with Gasteiger partial charge in [0.2, 0.25) is 0 Å². The molecule has 0 amide bonds. The average molecular weight is 264 g/mol.